The number of carboxylic acids is 1. The number of aromatic nitrogens is 2. The summed E-state index contributed by atoms with van der Waals surface area (Å²) in [6.45, 7) is 6.26. The van der Waals surface area contributed by atoms with Gasteiger partial charge in [-0.25, -0.2) is 4.79 Å². The SMILES string of the molecule is COc1ccc(-n2c(=O)c3c4c(sc3[n+]3c2=N[NH2+]C=3SC(C)C(=O)[O-])COC(C(C)C)C4)cc1. The highest BCUT2D eigenvalue weighted by atomic mass is 32.2. The molecule has 2 unspecified atom stereocenters. The quantitative estimate of drug-likeness (QED) is 0.367. The van der Waals surface area contributed by atoms with Crippen molar-refractivity contribution in [2.45, 2.75) is 45.2 Å². The number of carbonyl (C=O) groups is 1. The number of thiophene rings is 1. The van der Waals surface area contributed by atoms with E-state index in [0.717, 1.165) is 27.0 Å². The van der Waals surface area contributed by atoms with Crippen LogP contribution in [0.1, 0.15) is 31.2 Å². The first kappa shape index (κ1) is 23.0. The highest BCUT2D eigenvalue weighted by Gasteiger charge is 2.35. The Morgan fingerprint density at radius 1 is 1.35 bits per heavy atom. The van der Waals surface area contributed by atoms with Gasteiger partial charge in [0.05, 0.1) is 31.0 Å². The Morgan fingerprint density at radius 2 is 2.09 bits per heavy atom. The molecule has 4 heterocycles. The Morgan fingerprint density at radius 3 is 2.74 bits per heavy atom. The Kier molecular flexibility index (Phi) is 5.96. The van der Waals surface area contributed by atoms with Crippen LogP contribution in [0, 0.1) is 11.1 Å². The standard InChI is InChI=1S/C23H24N4O5S2/c1-11(2)16-9-15-17(10-32-16)34-20-18(15)19(28)26(13-5-7-14(31-4)8-6-13)22-24-25-23(27(20)22)33-12(3)21(29)30/h5-8,11-12,16H,9-10H2,1-4H3,(H,29,30)/p+1. The van der Waals surface area contributed by atoms with E-state index in [9.17, 15) is 14.7 Å². The third-order valence-electron chi connectivity index (χ3n) is 6.14. The number of nitrogens with zero attached hydrogens (tertiary/aromatic N) is 3. The average Bonchev–Trinajstić information content (AvgIpc) is 3.40. The summed E-state index contributed by atoms with van der Waals surface area (Å²) in [5.74, 6) is -0.154. The van der Waals surface area contributed by atoms with Crippen molar-refractivity contribution in [3.8, 4) is 11.4 Å². The lowest BCUT2D eigenvalue weighted by Crippen LogP contribution is -2.76. The summed E-state index contributed by atoms with van der Waals surface area (Å²) in [5.41, 5.74) is 3.56. The highest BCUT2D eigenvalue weighted by Crippen LogP contribution is 2.34. The van der Waals surface area contributed by atoms with Crippen LogP contribution < -0.4 is 30.7 Å². The number of methoxy groups -OCH3 is 1. The van der Waals surface area contributed by atoms with Gasteiger partial charge >= 0.3 is 16.3 Å². The predicted octanol–water partition coefficient (Wildman–Crippen LogP) is -0.276. The van der Waals surface area contributed by atoms with E-state index in [2.05, 4.69) is 18.9 Å². The van der Waals surface area contributed by atoms with Crippen molar-refractivity contribution >= 4 is 39.3 Å². The van der Waals surface area contributed by atoms with Crippen LogP contribution in [-0.2, 0) is 22.6 Å². The fourth-order valence-electron chi connectivity index (χ4n) is 4.23. The normalized spacial score (nSPS) is 18.0. The minimum absolute atomic E-state index is 0.0320. The van der Waals surface area contributed by atoms with E-state index in [1.54, 1.807) is 36.2 Å². The average molecular weight is 502 g/mol. The molecule has 2 aliphatic heterocycles. The molecular formula is C23H25N4O5S2+. The number of ether oxygens (including phenoxy) is 2. The second-order valence-corrected chi connectivity index (χ2v) is 11.1. The monoisotopic (exact) mass is 501 g/mol. The van der Waals surface area contributed by atoms with Gasteiger partial charge in [-0.2, -0.15) is 4.57 Å². The second kappa shape index (κ2) is 8.81. The fraction of sp³-hybridized carbons (Fsp3) is 0.391. The summed E-state index contributed by atoms with van der Waals surface area (Å²) < 4.78 is 14.8. The van der Waals surface area contributed by atoms with Gasteiger partial charge in [0.1, 0.15) is 21.9 Å². The van der Waals surface area contributed by atoms with Gasteiger partial charge in [-0.05, 0) is 54.4 Å². The zero-order chi connectivity index (χ0) is 24.1. The fourth-order valence-corrected chi connectivity index (χ4v) is 6.39. The third-order valence-corrected chi connectivity index (χ3v) is 8.41. The molecule has 2 aromatic heterocycles. The van der Waals surface area contributed by atoms with E-state index < -0.39 is 11.2 Å². The molecule has 0 bridgehead atoms. The maximum absolute atomic E-state index is 14.0. The summed E-state index contributed by atoms with van der Waals surface area (Å²) in [4.78, 5) is 27.2. The van der Waals surface area contributed by atoms with Crippen LogP contribution in [0.15, 0.2) is 34.2 Å². The van der Waals surface area contributed by atoms with Crippen molar-refractivity contribution < 1.29 is 29.0 Å². The molecule has 0 amide bonds. The molecule has 1 aromatic carbocycles. The summed E-state index contributed by atoms with van der Waals surface area (Å²) >= 11 is 2.66. The maximum atomic E-state index is 14.0. The minimum Gasteiger partial charge on any atom is -0.549 e. The number of benzene rings is 1. The number of thioether (sulfide) groups is 1. The summed E-state index contributed by atoms with van der Waals surface area (Å²) in [6, 6.07) is 7.22. The van der Waals surface area contributed by atoms with Crippen LogP contribution in [0.2, 0.25) is 0 Å². The largest absolute Gasteiger partial charge is 0.549 e. The molecule has 11 heteroatoms. The zero-order valence-corrected chi connectivity index (χ0v) is 20.9. The first-order chi connectivity index (χ1) is 16.3. The molecule has 0 fully saturated rings. The van der Waals surface area contributed by atoms with Gasteiger partial charge in [0, 0.05) is 11.3 Å². The number of nitrogens with two attached hydrogens (primary N) is 1. The zero-order valence-electron chi connectivity index (χ0n) is 19.2. The molecule has 0 radical (unpaired) electrons. The lowest BCUT2D eigenvalue weighted by atomic mass is 9.96. The van der Waals surface area contributed by atoms with Gasteiger partial charge in [0.15, 0.2) is 4.83 Å². The van der Waals surface area contributed by atoms with Crippen LogP contribution in [0.5, 0.6) is 5.75 Å². The molecule has 0 aliphatic carbocycles. The molecule has 3 aromatic rings. The Hall–Kier alpha value is -2.73. The van der Waals surface area contributed by atoms with Crippen molar-refractivity contribution in [1.29, 1.82) is 0 Å². The molecule has 34 heavy (non-hydrogen) atoms. The molecule has 2 atom stereocenters. The van der Waals surface area contributed by atoms with Gasteiger partial charge in [0.2, 0.25) is 0 Å². The first-order valence-electron chi connectivity index (χ1n) is 11.0. The van der Waals surface area contributed by atoms with Crippen LogP contribution in [0.4, 0.5) is 0 Å². The first-order valence-corrected chi connectivity index (χ1v) is 12.7. The number of carboxylic acid groups (broad SMARTS) is 1. The van der Waals surface area contributed by atoms with Crippen molar-refractivity contribution in [3.05, 3.63) is 55.8 Å². The Bertz CT molecular complexity index is 1480. The van der Waals surface area contributed by atoms with Crippen LogP contribution in [0.3, 0.4) is 0 Å². The summed E-state index contributed by atoms with van der Waals surface area (Å²) in [7, 11) is 1.59. The van der Waals surface area contributed by atoms with Crippen LogP contribution in [-0.4, -0.2) is 29.0 Å². The Balaban J connectivity index is 1.84. The number of quaternary nitrogens is 1. The highest BCUT2D eigenvalue weighted by molar-refractivity contribution is 8.02. The van der Waals surface area contributed by atoms with Gasteiger partial charge in [-0.3, -0.25) is 0 Å². The summed E-state index contributed by atoms with van der Waals surface area (Å²) in [6.07, 6.45) is 0.688. The number of fused-ring (bicyclic) bond motifs is 5. The van der Waals surface area contributed by atoms with Crippen molar-refractivity contribution in [2.75, 3.05) is 7.11 Å². The van der Waals surface area contributed by atoms with Crippen molar-refractivity contribution in [1.82, 2.24) is 4.57 Å². The second-order valence-electron chi connectivity index (χ2n) is 8.63. The smallest absolute Gasteiger partial charge is 0.471 e. The lowest BCUT2D eigenvalue weighted by molar-refractivity contribution is -0.681. The van der Waals surface area contributed by atoms with Crippen molar-refractivity contribution in [3.63, 3.8) is 0 Å². The number of hydrogen-bond donors (Lipinski definition) is 1. The van der Waals surface area contributed by atoms with E-state index in [1.807, 2.05) is 16.4 Å². The van der Waals surface area contributed by atoms with E-state index in [4.69, 9.17) is 9.47 Å². The van der Waals surface area contributed by atoms with E-state index in [0.29, 0.717) is 46.6 Å². The minimum atomic E-state index is -1.15. The predicted molar refractivity (Wildman–Crippen MR) is 125 cm³/mol. The number of carbonyl (C=O) groups excluding carboxylic acids is 1. The number of rotatable bonds is 6. The molecule has 0 saturated heterocycles. The van der Waals surface area contributed by atoms with Gasteiger partial charge in [-0.15, -0.1) is 15.6 Å². The molecule has 178 valence electrons. The maximum Gasteiger partial charge on any atom is 0.471 e. The molecular weight excluding hydrogens is 476 g/mol. The lowest BCUT2D eigenvalue weighted by Gasteiger charge is -2.25. The van der Waals surface area contributed by atoms with E-state index in [-0.39, 0.29) is 11.7 Å². The third kappa shape index (κ3) is 3.72. The molecule has 2 N–H and O–H groups in total. The topological polar surface area (TPSA) is 115 Å². The molecule has 0 spiro atoms. The van der Waals surface area contributed by atoms with Crippen LogP contribution in [0.25, 0.3) is 15.9 Å². The van der Waals surface area contributed by atoms with Crippen LogP contribution >= 0.6 is 23.1 Å². The van der Waals surface area contributed by atoms with E-state index in [1.165, 1.54) is 11.3 Å². The summed E-state index contributed by atoms with van der Waals surface area (Å²) in [5, 5.41) is 16.5. The number of aliphatic carboxylic acids is 1. The van der Waals surface area contributed by atoms with Gasteiger partial charge < -0.3 is 19.4 Å². The van der Waals surface area contributed by atoms with E-state index >= 15 is 0 Å². The van der Waals surface area contributed by atoms with Crippen molar-refractivity contribution in [2.24, 2.45) is 11.0 Å². The molecule has 0 saturated carbocycles. The molecule has 9 nitrogen and oxygen atoms in total. The van der Waals surface area contributed by atoms with Gasteiger partial charge in [-0.1, -0.05) is 19.3 Å². The molecule has 2 aliphatic rings. The number of hydrogen-bond acceptors (Lipinski definition) is 8. The van der Waals surface area contributed by atoms with Gasteiger partial charge in [0.25, 0.3) is 0 Å². The Labute approximate surface area is 203 Å². The molecule has 5 rings (SSSR count).